The Bertz CT molecular complexity index is 1700. The van der Waals surface area contributed by atoms with Crippen molar-refractivity contribution in [2.24, 2.45) is 11.7 Å². The first kappa shape index (κ1) is 28.8. The zero-order valence-electron chi connectivity index (χ0n) is 23.5. The number of carboxylic acid groups (broad SMARTS) is 1. The molecule has 8 nitrogen and oxygen atoms in total. The lowest BCUT2D eigenvalue weighted by atomic mass is 9.95. The van der Waals surface area contributed by atoms with Gasteiger partial charge in [0.2, 0.25) is 5.91 Å². The third-order valence-corrected chi connectivity index (χ3v) is 7.32. The van der Waals surface area contributed by atoms with Gasteiger partial charge >= 0.3 is 5.97 Å². The van der Waals surface area contributed by atoms with Gasteiger partial charge in [-0.2, -0.15) is 0 Å². The Balaban J connectivity index is 1.63. The number of carboxylic acids is 1. The van der Waals surface area contributed by atoms with E-state index in [-0.39, 0.29) is 30.4 Å². The Morgan fingerprint density at radius 3 is 2.00 bits per heavy atom. The average molecular weight is 571 g/mol. The van der Waals surface area contributed by atoms with Crippen LogP contribution in [0, 0.1) is 23.2 Å². The standard InChI is InChI=1S/C35H30N4O4/c1-23(35(42)43)21-38-22-31(40)39(32(26-8-4-2-5-9-26)27-10-6-3-7-11-27)30-19-16-25(20-29(30)34(38)41)13-12-24-14-17-28(18-15-24)33(36)37/h2-11,14-20,23,32H,21-22H2,1H3,(H3,36,37)(H,42,43). The highest BCUT2D eigenvalue weighted by Gasteiger charge is 2.37. The second kappa shape index (κ2) is 12.5. The van der Waals surface area contributed by atoms with Crippen LogP contribution in [0.3, 0.4) is 0 Å². The Labute approximate surface area is 249 Å². The number of nitrogens with zero attached hydrogens (tertiary/aromatic N) is 2. The van der Waals surface area contributed by atoms with E-state index >= 15 is 0 Å². The molecule has 4 N–H and O–H groups in total. The summed E-state index contributed by atoms with van der Waals surface area (Å²) < 4.78 is 0. The number of carbonyl (C=O) groups excluding carboxylic acids is 2. The number of nitrogen functional groups attached to an aromatic ring is 1. The van der Waals surface area contributed by atoms with Gasteiger partial charge in [-0.15, -0.1) is 0 Å². The summed E-state index contributed by atoms with van der Waals surface area (Å²) in [6, 6.07) is 30.8. The lowest BCUT2D eigenvalue weighted by Gasteiger charge is -2.33. The number of amides is 2. The number of carbonyl (C=O) groups is 3. The van der Waals surface area contributed by atoms with Crippen molar-refractivity contribution in [1.29, 1.82) is 5.41 Å². The highest BCUT2D eigenvalue weighted by Crippen LogP contribution is 2.37. The third kappa shape index (κ3) is 6.31. The van der Waals surface area contributed by atoms with Crippen LogP contribution in [0.15, 0.2) is 103 Å². The quantitative estimate of drug-likeness (QED) is 0.169. The van der Waals surface area contributed by atoms with Crippen LogP contribution in [0.2, 0.25) is 0 Å². The number of fused-ring (bicyclic) bond motifs is 1. The molecule has 0 saturated heterocycles. The van der Waals surface area contributed by atoms with E-state index in [2.05, 4.69) is 11.8 Å². The van der Waals surface area contributed by atoms with Crippen molar-refractivity contribution in [3.8, 4) is 11.8 Å². The van der Waals surface area contributed by atoms with Crippen LogP contribution in [0.4, 0.5) is 5.69 Å². The average Bonchev–Trinajstić information content (AvgIpc) is 3.11. The number of rotatable bonds is 7. The van der Waals surface area contributed by atoms with Crippen molar-refractivity contribution in [1.82, 2.24) is 4.90 Å². The monoisotopic (exact) mass is 570 g/mol. The van der Waals surface area contributed by atoms with Crippen molar-refractivity contribution >= 4 is 29.3 Å². The maximum atomic E-state index is 14.1. The van der Waals surface area contributed by atoms with E-state index in [4.69, 9.17) is 11.1 Å². The summed E-state index contributed by atoms with van der Waals surface area (Å²) in [7, 11) is 0. The molecule has 2 amide bonds. The second-order valence-corrected chi connectivity index (χ2v) is 10.4. The molecule has 1 atom stereocenters. The molecule has 1 aliphatic heterocycles. The predicted molar refractivity (Wildman–Crippen MR) is 165 cm³/mol. The lowest BCUT2D eigenvalue weighted by molar-refractivity contribution is -0.141. The summed E-state index contributed by atoms with van der Waals surface area (Å²) in [5.74, 6) is 3.44. The highest BCUT2D eigenvalue weighted by molar-refractivity contribution is 6.10. The van der Waals surface area contributed by atoms with Crippen LogP contribution >= 0.6 is 0 Å². The van der Waals surface area contributed by atoms with Crippen molar-refractivity contribution in [3.05, 3.63) is 137 Å². The predicted octanol–water partition coefficient (Wildman–Crippen LogP) is 4.67. The van der Waals surface area contributed by atoms with Crippen molar-refractivity contribution in [2.75, 3.05) is 18.0 Å². The summed E-state index contributed by atoms with van der Waals surface area (Å²) in [6.07, 6.45) is 0. The van der Waals surface area contributed by atoms with Gasteiger partial charge in [0.25, 0.3) is 5.91 Å². The molecule has 0 radical (unpaired) electrons. The first-order chi connectivity index (χ1) is 20.7. The normalized spacial score (nSPS) is 13.5. The zero-order chi connectivity index (χ0) is 30.5. The molecule has 0 aromatic heterocycles. The number of nitrogens with one attached hydrogen (secondary N) is 1. The molecular formula is C35H30N4O4. The van der Waals surface area contributed by atoms with Crippen molar-refractivity contribution in [2.45, 2.75) is 13.0 Å². The van der Waals surface area contributed by atoms with Crippen LogP contribution in [-0.4, -0.2) is 46.7 Å². The Morgan fingerprint density at radius 2 is 1.44 bits per heavy atom. The van der Waals surface area contributed by atoms with E-state index in [1.54, 1.807) is 47.4 Å². The van der Waals surface area contributed by atoms with Crippen LogP contribution in [0.5, 0.6) is 0 Å². The first-order valence-electron chi connectivity index (χ1n) is 13.8. The lowest BCUT2D eigenvalue weighted by Crippen LogP contribution is -2.43. The highest BCUT2D eigenvalue weighted by atomic mass is 16.4. The topological polar surface area (TPSA) is 128 Å². The number of aliphatic carboxylic acids is 1. The molecular weight excluding hydrogens is 540 g/mol. The number of benzene rings is 4. The maximum absolute atomic E-state index is 14.1. The second-order valence-electron chi connectivity index (χ2n) is 10.4. The van der Waals surface area contributed by atoms with E-state index in [0.29, 0.717) is 22.4 Å². The molecule has 0 aliphatic carbocycles. The van der Waals surface area contributed by atoms with E-state index in [1.807, 2.05) is 60.7 Å². The summed E-state index contributed by atoms with van der Waals surface area (Å²) in [6.45, 7) is 1.12. The van der Waals surface area contributed by atoms with Gasteiger partial charge in [-0.25, -0.2) is 0 Å². The van der Waals surface area contributed by atoms with E-state index < -0.39 is 23.8 Å². The van der Waals surface area contributed by atoms with Crippen LogP contribution in [-0.2, 0) is 9.59 Å². The minimum Gasteiger partial charge on any atom is -0.481 e. The summed E-state index contributed by atoms with van der Waals surface area (Å²) in [5, 5.41) is 17.1. The van der Waals surface area contributed by atoms with Gasteiger partial charge in [0.05, 0.1) is 23.2 Å². The zero-order valence-corrected chi connectivity index (χ0v) is 23.5. The maximum Gasteiger partial charge on any atom is 0.308 e. The minimum absolute atomic E-state index is 0.0334. The van der Waals surface area contributed by atoms with Gasteiger partial charge in [0.15, 0.2) is 0 Å². The van der Waals surface area contributed by atoms with Gasteiger partial charge in [-0.1, -0.05) is 91.6 Å². The summed E-state index contributed by atoms with van der Waals surface area (Å²) >= 11 is 0. The summed E-state index contributed by atoms with van der Waals surface area (Å²) in [5.41, 5.74) is 9.81. The van der Waals surface area contributed by atoms with Crippen LogP contribution in [0.25, 0.3) is 0 Å². The number of amidine groups is 1. The fourth-order valence-electron chi connectivity index (χ4n) is 5.09. The molecule has 0 bridgehead atoms. The molecule has 0 saturated carbocycles. The molecule has 5 rings (SSSR count). The van der Waals surface area contributed by atoms with Gasteiger partial charge in [0, 0.05) is 23.2 Å². The molecule has 1 heterocycles. The molecule has 1 unspecified atom stereocenters. The van der Waals surface area contributed by atoms with Crippen molar-refractivity contribution in [3.63, 3.8) is 0 Å². The molecule has 4 aromatic carbocycles. The Kier molecular flexibility index (Phi) is 8.35. The molecule has 4 aromatic rings. The fourth-order valence-corrected chi connectivity index (χ4v) is 5.09. The van der Waals surface area contributed by atoms with Crippen LogP contribution < -0.4 is 10.6 Å². The van der Waals surface area contributed by atoms with Gasteiger partial charge < -0.3 is 15.7 Å². The third-order valence-electron chi connectivity index (χ3n) is 7.32. The fraction of sp³-hybridized carbons (Fsp3) is 0.143. The molecule has 1 aliphatic rings. The minimum atomic E-state index is -1.05. The largest absolute Gasteiger partial charge is 0.481 e. The number of hydrogen-bond acceptors (Lipinski definition) is 4. The number of hydrogen-bond donors (Lipinski definition) is 3. The van der Waals surface area contributed by atoms with Gasteiger partial charge in [-0.05, 0) is 41.5 Å². The van der Waals surface area contributed by atoms with Gasteiger partial charge in [0.1, 0.15) is 12.4 Å². The molecule has 214 valence electrons. The molecule has 43 heavy (non-hydrogen) atoms. The van der Waals surface area contributed by atoms with E-state index in [9.17, 15) is 19.5 Å². The first-order valence-corrected chi connectivity index (χ1v) is 13.8. The Morgan fingerprint density at radius 1 is 0.884 bits per heavy atom. The Hall–Kier alpha value is -5.68. The number of anilines is 1. The summed E-state index contributed by atoms with van der Waals surface area (Å²) in [4.78, 5) is 42.7. The number of nitrogens with two attached hydrogens (primary N) is 1. The SMILES string of the molecule is CC(CN1CC(=O)N(C(c2ccccc2)c2ccccc2)c2ccc(C#Cc3ccc(C(=N)N)cc3)cc2C1=O)C(=O)O. The van der Waals surface area contributed by atoms with E-state index in [0.717, 1.165) is 11.1 Å². The van der Waals surface area contributed by atoms with Gasteiger partial charge in [-0.3, -0.25) is 24.7 Å². The smallest absolute Gasteiger partial charge is 0.308 e. The van der Waals surface area contributed by atoms with Crippen LogP contribution in [0.1, 0.15) is 51.1 Å². The van der Waals surface area contributed by atoms with Crippen molar-refractivity contribution < 1.29 is 19.5 Å². The molecule has 0 spiro atoms. The van der Waals surface area contributed by atoms with E-state index in [1.165, 1.54) is 11.8 Å². The molecule has 0 fully saturated rings. The molecule has 8 heteroatoms.